The van der Waals surface area contributed by atoms with Crippen LogP contribution in [-0.4, -0.2) is 10.1 Å². The fraction of sp³-hybridized carbons (Fsp3) is 0.438. The minimum atomic E-state index is -0.332. The summed E-state index contributed by atoms with van der Waals surface area (Å²) in [5.41, 5.74) is 2.45. The first-order chi connectivity index (χ1) is 9.24. The fourth-order valence-electron chi connectivity index (χ4n) is 2.99. The summed E-state index contributed by atoms with van der Waals surface area (Å²) in [6.07, 6.45) is 5.92. The van der Waals surface area contributed by atoms with E-state index in [2.05, 4.69) is 23.2 Å². The second-order valence-corrected chi connectivity index (χ2v) is 6.66. The Balaban J connectivity index is 1.83. The van der Waals surface area contributed by atoms with Gasteiger partial charge in [0.15, 0.2) is 0 Å². The van der Waals surface area contributed by atoms with E-state index in [1.807, 2.05) is 19.2 Å². The first-order valence-electron chi connectivity index (χ1n) is 6.91. The van der Waals surface area contributed by atoms with E-state index in [1.54, 1.807) is 11.3 Å². The molecule has 1 aliphatic rings. The fourth-order valence-corrected chi connectivity index (χ4v) is 3.88. The highest BCUT2D eigenvalue weighted by Crippen LogP contribution is 2.35. The molecule has 2 unspecified atom stereocenters. The van der Waals surface area contributed by atoms with Gasteiger partial charge in [-0.05, 0) is 49.7 Å². The molecule has 100 valence electrons. The monoisotopic (exact) mass is 273 g/mol. The van der Waals surface area contributed by atoms with Gasteiger partial charge < -0.3 is 5.11 Å². The van der Waals surface area contributed by atoms with Crippen LogP contribution in [0.1, 0.15) is 40.0 Å². The van der Waals surface area contributed by atoms with Crippen molar-refractivity contribution in [3.05, 3.63) is 51.5 Å². The Morgan fingerprint density at radius 2 is 2.21 bits per heavy atom. The molecule has 0 saturated carbocycles. The molecule has 3 heteroatoms. The third-order valence-corrected chi connectivity index (χ3v) is 4.91. The second-order valence-electron chi connectivity index (χ2n) is 5.35. The van der Waals surface area contributed by atoms with E-state index in [4.69, 9.17) is 0 Å². The Hall–Kier alpha value is -1.19. The first-order valence-corrected chi connectivity index (χ1v) is 7.73. The molecule has 0 spiro atoms. The van der Waals surface area contributed by atoms with E-state index in [1.165, 1.54) is 10.4 Å². The van der Waals surface area contributed by atoms with E-state index in [0.29, 0.717) is 5.92 Å². The number of hydrogen-bond acceptors (Lipinski definition) is 3. The van der Waals surface area contributed by atoms with Crippen LogP contribution in [0.2, 0.25) is 0 Å². The molecular formula is C16H19NOS. The summed E-state index contributed by atoms with van der Waals surface area (Å²) >= 11 is 1.75. The topological polar surface area (TPSA) is 33.1 Å². The Bertz CT molecular complexity index is 563. The molecule has 1 N–H and O–H groups in total. The number of benzene rings is 1. The standard InChI is InChI=1S/C16H19NOS/c1-11-17-10-14(19-11)9-13-7-4-6-12-5-2-3-8-15(12)16(13)18/h2-3,5,8,10,13,16,18H,4,6-7,9H2,1H3. The average molecular weight is 273 g/mol. The average Bonchev–Trinajstić information content (AvgIpc) is 2.75. The predicted molar refractivity (Wildman–Crippen MR) is 78.4 cm³/mol. The number of aryl methyl sites for hydroxylation is 2. The third-order valence-electron chi connectivity index (χ3n) is 3.97. The molecule has 19 heavy (non-hydrogen) atoms. The van der Waals surface area contributed by atoms with Gasteiger partial charge in [-0.1, -0.05) is 24.3 Å². The van der Waals surface area contributed by atoms with Crippen LogP contribution in [0.25, 0.3) is 0 Å². The van der Waals surface area contributed by atoms with E-state index in [0.717, 1.165) is 36.3 Å². The number of hydrogen-bond donors (Lipinski definition) is 1. The Kier molecular flexibility index (Phi) is 3.67. The van der Waals surface area contributed by atoms with E-state index >= 15 is 0 Å². The zero-order valence-electron chi connectivity index (χ0n) is 11.2. The van der Waals surface area contributed by atoms with Crippen LogP contribution in [0.15, 0.2) is 30.5 Å². The molecule has 2 aromatic rings. The molecule has 0 aliphatic heterocycles. The number of nitrogens with zero attached hydrogens (tertiary/aromatic N) is 1. The van der Waals surface area contributed by atoms with Crippen LogP contribution in [0.3, 0.4) is 0 Å². The molecule has 0 amide bonds. The van der Waals surface area contributed by atoms with Crippen molar-refractivity contribution >= 4 is 11.3 Å². The van der Waals surface area contributed by atoms with Crippen molar-refractivity contribution in [1.82, 2.24) is 4.98 Å². The highest BCUT2D eigenvalue weighted by molar-refractivity contribution is 7.11. The van der Waals surface area contributed by atoms with Crippen molar-refractivity contribution in [2.24, 2.45) is 5.92 Å². The molecule has 0 radical (unpaired) electrons. The van der Waals surface area contributed by atoms with Crippen molar-refractivity contribution in [3.8, 4) is 0 Å². The summed E-state index contributed by atoms with van der Waals surface area (Å²) in [5, 5.41) is 11.8. The molecule has 0 saturated heterocycles. The summed E-state index contributed by atoms with van der Waals surface area (Å²) in [7, 11) is 0. The van der Waals surface area contributed by atoms with Crippen LogP contribution < -0.4 is 0 Å². The number of fused-ring (bicyclic) bond motifs is 1. The van der Waals surface area contributed by atoms with Gasteiger partial charge in [0.05, 0.1) is 11.1 Å². The molecule has 3 rings (SSSR count). The van der Waals surface area contributed by atoms with Gasteiger partial charge in [-0.2, -0.15) is 0 Å². The van der Waals surface area contributed by atoms with E-state index in [9.17, 15) is 5.11 Å². The smallest absolute Gasteiger partial charge is 0.0896 e. The zero-order valence-corrected chi connectivity index (χ0v) is 12.0. The summed E-state index contributed by atoms with van der Waals surface area (Å²) in [5.74, 6) is 0.323. The van der Waals surface area contributed by atoms with Crippen molar-refractivity contribution < 1.29 is 5.11 Å². The minimum Gasteiger partial charge on any atom is -0.388 e. The molecule has 1 aliphatic carbocycles. The largest absolute Gasteiger partial charge is 0.388 e. The highest BCUT2D eigenvalue weighted by Gasteiger charge is 2.26. The second kappa shape index (κ2) is 5.43. The van der Waals surface area contributed by atoms with Crippen LogP contribution in [0, 0.1) is 12.8 Å². The maximum atomic E-state index is 10.7. The molecule has 1 aromatic heterocycles. The van der Waals surface area contributed by atoms with Crippen LogP contribution in [0.5, 0.6) is 0 Å². The molecule has 1 heterocycles. The van der Waals surface area contributed by atoms with Gasteiger partial charge in [0.1, 0.15) is 0 Å². The maximum Gasteiger partial charge on any atom is 0.0896 e. The quantitative estimate of drug-likeness (QED) is 0.847. The zero-order chi connectivity index (χ0) is 13.2. The molecule has 0 bridgehead atoms. The number of rotatable bonds is 2. The van der Waals surface area contributed by atoms with Gasteiger partial charge in [0.2, 0.25) is 0 Å². The Morgan fingerprint density at radius 1 is 1.37 bits per heavy atom. The van der Waals surface area contributed by atoms with Crippen LogP contribution in [-0.2, 0) is 12.8 Å². The summed E-state index contributed by atoms with van der Waals surface area (Å²) < 4.78 is 0. The van der Waals surface area contributed by atoms with Gasteiger partial charge in [-0.25, -0.2) is 4.98 Å². The van der Waals surface area contributed by atoms with Gasteiger partial charge in [-0.15, -0.1) is 11.3 Å². The van der Waals surface area contributed by atoms with Gasteiger partial charge in [0, 0.05) is 11.1 Å². The van der Waals surface area contributed by atoms with E-state index in [-0.39, 0.29) is 6.10 Å². The molecule has 0 fully saturated rings. The van der Waals surface area contributed by atoms with Crippen molar-refractivity contribution in [2.75, 3.05) is 0 Å². The minimum absolute atomic E-state index is 0.323. The highest BCUT2D eigenvalue weighted by atomic mass is 32.1. The third kappa shape index (κ3) is 2.72. The number of aliphatic hydroxyl groups is 1. The first kappa shape index (κ1) is 12.8. The van der Waals surface area contributed by atoms with Crippen LogP contribution in [0.4, 0.5) is 0 Å². The SMILES string of the molecule is Cc1ncc(CC2CCCc3ccccc3C2O)s1. The van der Waals surface area contributed by atoms with Crippen molar-refractivity contribution in [3.63, 3.8) is 0 Å². The Labute approximate surface area is 118 Å². The maximum absolute atomic E-state index is 10.7. The lowest BCUT2D eigenvalue weighted by atomic mass is 9.90. The van der Waals surface area contributed by atoms with E-state index < -0.39 is 0 Å². The molecule has 1 aromatic carbocycles. The lowest BCUT2D eigenvalue weighted by molar-refractivity contribution is 0.105. The summed E-state index contributed by atoms with van der Waals surface area (Å²) in [6, 6.07) is 8.33. The lowest BCUT2D eigenvalue weighted by Crippen LogP contribution is -2.14. The summed E-state index contributed by atoms with van der Waals surface area (Å²) in [6.45, 7) is 2.03. The molecule has 2 nitrogen and oxygen atoms in total. The van der Waals surface area contributed by atoms with Gasteiger partial charge in [0.25, 0.3) is 0 Å². The van der Waals surface area contributed by atoms with Crippen LogP contribution >= 0.6 is 11.3 Å². The van der Waals surface area contributed by atoms with Gasteiger partial charge >= 0.3 is 0 Å². The normalized spacial score (nSPS) is 22.8. The Morgan fingerprint density at radius 3 is 3.00 bits per heavy atom. The van der Waals surface area contributed by atoms with Crippen molar-refractivity contribution in [1.29, 1.82) is 0 Å². The van der Waals surface area contributed by atoms with Gasteiger partial charge in [-0.3, -0.25) is 0 Å². The lowest BCUT2D eigenvalue weighted by Gasteiger charge is -2.21. The number of thiazole rings is 1. The predicted octanol–water partition coefficient (Wildman–Crippen LogP) is 3.68. The number of aliphatic hydroxyl groups excluding tert-OH is 1. The molecular weight excluding hydrogens is 254 g/mol. The van der Waals surface area contributed by atoms with Crippen molar-refractivity contribution in [2.45, 2.75) is 38.7 Å². The number of aromatic nitrogens is 1. The summed E-state index contributed by atoms with van der Waals surface area (Å²) in [4.78, 5) is 5.60. The molecule has 2 atom stereocenters.